The van der Waals surface area contributed by atoms with Crippen molar-refractivity contribution >= 4 is 21.7 Å². The molecule has 1 aromatic rings. The van der Waals surface area contributed by atoms with Crippen LogP contribution in [0.25, 0.3) is 0 Å². The minimum Gasteiger partial charge on any atom is -0.382 e. The molecule has 1 rings (SSSR count). The third-order valence-corrected chi connectivity index (χ3v) is 2.75. The van der Waals surface area contributed by atoms with E-state index in [1.165, 1.54) is 0 Å². The summed E-state index contributed by atoms with van der Waals surface area (Å²) in [5, 5.41) is 3.30. The Bertz CT molecular complexity index is 377. The fraction of sp³-hybridized carbons (Fsp3) is 0.692. The molecule has 0 bridgehead atoms. The van der Waals surface area contributed by atoms with E-state index < -0.39 is 0 Å². The van der Waals surface area contributed by atoms with E-state index in [1.54, 1.807) is 0 Å². The number of hydrogen-bond acceptors (Lipinski definition) is 4. The first-order valence-corrected chi connectivity index (χ1v) is 7.09. The van der Waals surface area contributed by atoms with E-state index in [0.29, 0.717) is 0 Å². The minimum absolute atomic E-state index is 0.0501. The lowest BCUT2D eigenvalue weighted by Crippen LogP contribution is -2.17. The molecule has 0 unspecified atom stereocenters. The Hall–Kier alpha value is -0.680. The molecule has 0 fully saturated rings. The molecular weight excluding hydrogens is 294 g/mol. The molecule has 0 aliphatic carbocycles. The highest BCUT2D eigenvalue weighted by Gasteiger charge is 2.18. The number of aromatic nitrogens is 2. The van der Waals surface area contributed by atoms with Crippen LogP contribution in [-0.4, -0.2) is 29.7 Å². The van der Waals surface area contributed by atoms with Crippen LogP contribution in [0.2, 0.25) is 0 Å². The van der Waals surface area contributed by atoms with Gasteiger partial charge in [-0.15, -0.1) is 0 Å². The standard InChI is InChI=1S/C13H22BrN3O/c1-5-18-8-6-7-15-11-9-10(14)16-12(17-11)13(2,3)4/h9H,5-8H2,1-4H3,(H,15,16,17). The molecule has 1 heterocycles. The van der Waals surface area contributed by atoms with Gasteiger partial charge in [-0.25, -0.2) is 9.97 Å². The Kier molecular flexibility index (Phi) is 6.02. The van der Waals surface area contributed by atoms with Gasteiger partial charge in [0.15, 0.2) is 0 Å². The van der Waals surface area contributed by atoms with Gasteiger partial charge in [-0.1, -0.05) is 20.8 Å². The fourth-order valence-corrected chi connectivity index (χ4v) is 1.76. The molecule has 0 atom stereocenters. The van der Waals surface area contributed by atoms with Gasteiger partial charge in [-0.3, -0.25) is 0 Å². The quantitative estimate of drug-likeness (QED) is 0.646. The molecule has 1 N–H and O–H groups in total. The van der Waals surface area contributed by atoms with E-state index >= 15 is 0 Å². The second-order valence-corrected chi connectivity index (χ2v) is 5.94. The summed E-state index contributed by atoms with van der Waals surface area (Å²) < 4.78 is 6.11. The van der Waals surface area contributed by atoms with Gasteiger partial charge in [0.1, 0.15) is 16.2 Å². The Morgan fingerprint density at radius 1 is 1.33 bits per heavy atom. The predicted octanol–water partition coefficient (Wildman–Crippen LogP) is 3.38. The molecule has 4 nitrogen and oxygen atoms in total. The van der Waals surface area contributed by atoms with Crippen molar-refractivity contribution in [3.8, 4) is 0 Å². The normalized spacial score (nSPS) is 11.6. The summed E-state index contributed by atoms with van der Waals surface area (Å²) in [7, 11) is 0. The lowest BCUT2D eigenvalue weighted by atomic mass is 9.96. The zero-order valence-corrected chi connectivity index (χ0v) is 13.2. The molecule has 0 aliphatic heterocycles. The highest BCUT2D eigenvalue weighted by atomic mass is 79.9. The highest BCUT2D eigenvalue weighted by Crippen LogP contribution is 2.22. The van der Waals surface area contributed by atoms with Gasteiger partial charge in [-0.2, -0.15) is 0 Å². The van der Waals surface area contributed by atoms with Crippen LogP contribution in [0, 0.1) is 0 Å². The van der Waals surface area contributed by atoms with Gasteiger partial charge in [0, 0.05) is 31.2 Å². The summed E-state index contributed by atoms with van der Waals surface area (Å²) in [6.45, 7) is 10.7. The molecular formula is C13H22BrN3O. The topological polar surface area (TPSA) is 47.0 Å². The third kappa shape index (κ3) is 5.31. The lowest BCUT2D eigenvalue weighted by Gasteiger charge is -2.18. The van der Waals surface area contributed by atoms with Crippen molar-refractivity contribution in [1.29, 1.82) is 0 Å². The van der Waals surface area contributed by atoms with Crippen LogP contribution >= 0.6 is 15.9 Å². The zero-order chi connectivity index (χ0) is 13.6. The van der Waals surface area contributed by atoms with Gasteiger partial charge >= 0.3 is 0 Å². The van der Waals surface area contributed by atoms with Gasteiger partial charge in [-0.05, 0) is 29.3 Å². The van der Waals surface area contributed by atoms with Crippen LogP contribution in [0.1, 0.15) is 39.9 Å². The van der Waals surface area contributed by atoms with Crippen LogP contribution in [0.5, 0.6) is 0 Å². The number of hydrogen-bond donors (Lipinski definition) is 1. The van der Waals surface area contributed by atoms with E-state index in [9.17, 15) is 0 Å². The number of anilines is 1. The molecule has 0 saturated carbocycles. The summed E-state index contributed by atoms with van der Waals surface area (Å²) in [5.74, 6) is 1.70. The summed E-state index contributed by atoms with van der Waals surface area (Å²) in [5.41, 5.74) is -0.0501. The molecule has 1 aromatic heterocycles. The SMILES string of the molecule is CCOCCCNc1cc(Br)nc(C(C)(C)C)n1. The highest BCUT2D eigenvalue weighted by molar-refractivity contribution is 9.10. The first-order valence-electron chi connectivity index (χ1n) is 6.30. The Morgan fingerprint density at radius 3 is 2.67 bits per heavy atom. The summed E-state index contributed by atoms with van der Waals surface area (Å²) >= 11 is 3.42. The molecule has 18 heavy (non-hydrogen) atoms. The third-order valence-electron chi connectivity index (χ3n) is 2.34. The first-order chi connectivity index (χ1) is 8.43. The average Bonchev–Trinajstić information content (AvgIpc) is 2.27. The Labute approximate surface area is 118 Å². The van der Waals surface area contributed by atoms with Gasteiger partial charge in [0.05, 0.1) is 0 Å². The number of halogens is 1. The summed E-state index contributed by atoms with van der Waals surface area (Å²) in [6, 6.07) is 1.90. The summed E-state index contributed by atoms with van der Waals surface area (Å²) in [6.07, 6.45) is 0.973. The molecule has 0 amide bonds. The van der Waals surface area contributed by atoms with E-state index in [1.807, 2.05) is 13.0 Å². The van der Waals surface area contributed by atoms with Crippen LogP contribution in [0.4, 0.5) is 5.82 Å². The largest absolute Gasteiger partial charge is 0.382 e. The smallest absolute Gasteiger partial charge is 0.137 e. The Morgan fingerprint density at radius 2 is 2.06 bits per heavy atom. The summed E-state index contributed by atoms with van der Waals surface area (Å²) in [4.78, 5) is 8.93. The number of nitrogens with zero attached hydrogens (tertiary/aromatic N) is 2. The molecule has 0 radical (unpaired) electrons. The molecule has 0 aliphatic rings. The maximum atomic E-state index is 5.29. The maximum absolute atomic E-state index is 5.29. The molecule has 0 saturated heterocycles. The zero-order valence-electron chi connectivity index (χ0n) is 11.6. The number of nitrogens with one attached hydrogen (secondary N) is 1. The molecule has 5 heteroatoms. The van der Waals surface area contributed by atoms with Crippen LogP contribution in [-0.2, 0) is 10.2 Å². The predicted molar refractivity (Wildman–Crippen MR) is 78.0 cm³/mol. The van der Waals surface area contributed by atoms with E-state index in [0.717, 1.165) is 42.4 Å². The second kappa shape index (κ2) is 7.04. The lowest BCUT2D eigenvalue weighted by molar-refractivity contribution is 0.147. The van der Waals surface area contributed by atoms with Crippen molar-refractivity contribution < 1.29 is 4.74 Å². The van der Waals surface area contributed by atoms with Crippen LogP contribution < -0.4 is 5.32 Å². The van der Waals surface area contributed by atoms with E-state index in [-0.39, 0.29) is 5.41 Å². The van der Waals surface area contributed by atoms with Crippen molar-refractivity contribution in [3.05, 3.63) is 16.5 Å². The minimum atomic E-state index is -0.0501. The van der Waals surface area contributed by atoms with Crippen molar-refractivity contribution in [2.75, 3.05) is 25.1 Å². The molecule has 102 valence electrons. The average molecular weight is 316 g/mol. The van der Waals surface area contributed by atoms with Gasteiger partial charge in [0.25, 0.3) is 0 Å². The fourth-order valence-electron chi connectivity index (χ4n) is 1.38. The van der Waals surface area contributed by atoms with Crippen molar-refractivity contribution in [2.24, 2.45) is 0 Å². The van der Waals surface area contributed by atoms with Crippen LogP contribution in [0.15, 0.2) is 10.7 Å². The van der Waals surface area contributed by atoms with E-state index in [4.69, 9.17) is 4.74 Å². The van der Waals surface area contributed by atoms with Crippen molar-refractivity contribution in [1.82, 2.24) is 9.97 Å². The molecule has 0 spiro atoms. The van der Waals surface area contributed by atoms with Crippen LogP contribution in [0.3, 0.4) is 0 Å². The Balaban J connectivity index is 2.58. The van der Waals surface area contributed by atoms with Gasteiger partial charge < -0.3 is 10.1 Å². The van der Waals surface area contributed by atoms with Crippen molar-refractivity contribution in [3.63, 3.8) is 0 Å². The second-order valence-electron chi connectivity index (χ2n) is 5.13. The van der Waals surface area contributed by atoms with Gasteiger partial charge in [0.2, 0.25) is 0 Å². The monoisotopic (exact) mass is 315 g/mol. The maximum Gasteiger partial charge on any atom is 0.137 e. The first kappa shape index (κ1) is 15.4. The number of ether oxygens (including phenoxy) is 1. The number of rotatable bonds is 6. The molecule has 0 aromatic carbocycles. The van der Waals surface area contributed by atoms with Crippen molar-refractivity contribution in [2.45, 2.75) is 39.5 Å². The van der Waals surface area contributed by atoms with E-state index in [2.05, 4.69) is 52.0 Å².